The molecule has 1 rings (SSSR count). The van der Waals surface area contributed by atoms with Gasteiger partial charge in [0.05, 0.1) is 0 Å². The van der Waals surface area contributed by atoms with Crippen molar-refractivity contribution in [2.45, 2.75) is 45.1 Å². The fraction of sp³-hybridized carbons (Fsp3) is 0.500. The summed E-state index contributed by atoms with van der Waals surface area (Å²) in [6.07, 6.45) is 8.03. The molecule has 2 heteroatoms. The zero-order chi connectivity index (χ0) is 13.4. The molecule has 0 spiro atoms. The lowest BCUT2D eigenvalue weighted by molar-refractivity contribution is 0.508. The number of halogens is 1. The molecule has 18 heavy (non-hydrogen) atoms. The van der Waals surface area contributed by atoms with Crippen LogP contribution in [0.25, 0.3) is 0 Å². The van der Waals surface area contributed by atoms with Gasteiger partial charge in [0.15, 0.2) is 0 Å². The Morgan fingerprint density at radius 1 is 1.28 bits per heavy atom. The smallest absolute Gasteiger partial charge is 0.0411 e. The Balaban J connectivity index is 2.51. The van der Waals surface area contributed by atoms with Gasteiger partial charge in [-0.15, -0.1) is 6.58 Å². The highest BCUT2D eigenvalue weighted by atomic mass is 35.5. The second-order valence-corrected chi connectivity index (χ2v) is 5.27. The van der Waals surface area contributed by atoms with Crippen LogP contribution in [-0.2, 0) is 0 Å². The van der Waals surface area contributed by atoms with Crippen molar-refractivity contribution >= 4 is 11.6 Å². The summed E-state index contributed by atoms with van der Waals surface area (Å²) in [7, 11) is 2.02. The Bertz CT molecular complexity index is 353. The third kappa shape index (κ3) is 5.24. The van der Waals surface area contributed by atoms with Crippen LogP contribution in [0.15, 0.2) is 30.9 Å². The maximum Gasteiger partial charge on any atom is 0.0411 e. The van der Waals surface area contributed by atoms with Crippen molar-refractivity contribution < 1.29 is 0 Å². The molecule has 0 heterocycles. The van der Waals surface area contributed by atoms with E-state index in [4.69, 9.17) is 11.6 Å². The molecule has 0 saturated carbocycles. The number of benzene rings is 1. The van der Waals surface area contributed by atoms with E-state index in [9.17, 15) is 0 Å². The first-order chi connectivity index (χ1) is 8.67. The quantitative estimate of drug-likeness (QED) is 0.513. The average molecular weight is 266 g/mol. The van der Waals surface area contributed by atoms with Gasteiger partial charge in [0.25, 0.3) is 0 Å². The van der Waals surface area contributed by atoms with Gasteiger partial charge in [0, 0.05) is 11.1 Å². The molecule has 0 bridgehead atoms. The van der Waals surface area contributed by atoms with Crippen molar-refractivity contribution in [3.8, 4) is 0 Å². The van der Waals surface area contributed by atoms with E-state index < -0.39 is 0 Å². The first-order valence-electron chi connectivity index (χ1n) is 6.72. The maximum atomic E-state index is 6.11. The van der Waals surface area contributed by atoms with E-state index in [2.05, 4.69) is 31.0 Å². The number of nitrogens with one attached hydrogen (secondary N) is 1. The largest absolute Gasteiger partial charge is 0.313 e. The molecule has 1 unspecified atom stereocenters. The predicted molar refractivity (Wildman–Crippen MR) is 81.3 cm³/mol. The lowest BCUT2D eigenvalue weighted by atomic mass is 9.98. The molecule has 0 aliphatic heterocycles. The number of rotatable bonds is 8. The summed E-state index contributed by atoms with van der Waals surface area (Å²) in [5.41, 5.74) is 2.52. The molecule has 1 aromatic rings. The van der Waals surface area contributed by atoms with Crippen LogP contribution in [0.5, 0.6) is 0 Å². The highest BCUT2D eigenvalue weighted by Gasteiger charge is 2.09. The third-order valence-electron chi connectivity index (χ3n) is 3.22. The fourth-order valence-electron chi connectivity index (χ4n) is 2.26. The summed E-state index contributed by atoms with van der Waals surface area (Å²) < 4.78 is 0. The molecular weight excluding hydrogens is 242 g/mol. The Morgan fingerprint density at radius 3 is 2.67 bits per heavy atom. The van der Waals surface area contributed by atoms with Crippen molar-refractivity contribution in [1.29, 1.82) is 0 Å². The van der Waals surface area contributed by atoms with Crippen LogP contribution < -0.4 is 5.32 Å². The predicted octanol–water partition coefficient (Wildman–Crippen LogP) is 5.05. The average Bonchev–Trinajstić information content (AvgIpc) is 2.32. The summed E-state index contributed by atoms with van der Waals surface area (Å²) in [4.78, 5) is 0. The van der Waals surface area contributed by atoms with Gasteiger partial charge in [-0.2, -0.15) is 0 Å². The molecular formula is C16H24ClN. The summed E-state index contributed by atoms with van der Waals surface area (Å²) in [6, 6.07) is 6.70. The van der Waals surface area contributed by atoms with Gasteiger partial charge in [0.2, 0.25) is 0 Å². The van der Waals surface area contributed by atoms with Crippen LogP contribution in [0.1, 0.15) is 49.3 Å². The first kappa shape index (κ1) is 15.3. The van der Waals surface area contributed by atoms with Crippen molar-refractivity contribution in [3.63, 3.8) is 0 Å². The van der Waals surface area contributed by atoms with Gasteiger partial charge >= 0.3 is 0 Å². The van der Waals surface area contributed by atoms with E-state index in [1.54, 1.807) is 0 Å². The SMILES string of the molecule is C=CCCCCCC(NC)c1cc(C)cc(Cl)c1. The highest BCUT2D eigenvalue weighted by molar-refractivity contribution is 6.30. The Kier molecular flexibility index (Phi) is 7.07. The number of aryl methyl sites for hydroxylation is 1. The van der Waals surface area contributed by atoms with Crippen LogP contribution in [0.2, 0.25) is 5.02 Å². The van der Waals surface area contributed by atoms with Crippen LogP contribution in [0.3, 0.4) is 0 Å². The van der Waals surface area contributed by atoms with E-state index in [1.807, 2.05) is 19.2 Å². The minimum absolute atomic E-state index is 0.408. The van der Waals surface area contributed by atoms with Crippen molar-refractivity contribution in [2.24, 2.45) is 0 Å². The number of hydrogen-bond acceptors (Lipinski definition) is 1. The Hall–Kier alpha value is -0.790. The molecule has 1 aromatic carbocycles. The third-order valence-corrected chi connectivity index (χ3v) is 3.43. The standard InChI is InChI=1S/C16H24ClN/c1-4-5-6-7-8-9-16(18-3)14-10-13(2)11-15(17)12-14/h4,10-12,16,18H,1,5-9H2,2-3H3. The van der Waals surface area contributed by atoms with E-state index in [-0.39, 0.29) is 0 Å². The fourth-order valence-corrected chi connectivity index (χ4v) is 2.56. The molecule has 0 saturated heterocycles. The minimum Gasteiger partial charge on any atom is -0.313 e. The van der Waals surface area contributed by atoms with E-state index in [0.29, 0.717) is 6.04 Å². The molecule has 1 atom stereocenters. The summed E-state index contributed by atoms with van der Waals surface area (Å²) >= 11 is 6.11. The van der Waals surface area contributed by atoms with Crippen molar-refractivity contribution in [2.75, 3.05) is 7.05 Å². The lowest BCUT2D eigenvalue weighted by Gasteiger charge is -2.17. The Morgan fingerprint density at radius 2 is 2.06 bits per heavy atom. The molecule has 0 aliphatic rings. The topological polar surface area (TPSA) is 12.0 Å². The zero-order valence-corrected chi connectivity index (χ0v) is 12.3. The van der Waals surface area contributed by atoms with Crippen LogP contribution in [0, 0.1) is 6.92 Å². The van der Waals surface area contributed by atoms with Crippen molar-refractivity contribution in [3.05, 3.63) is 47.0 Å². The monoisotopic (exact) mass is 265 g/mol. The molecule has 1 nitrogen and oxygen atoms in total. The maximum absolute atomic E-state index is 6.11. The second kappa shape index (κ2) is 8.34. The van der Waals surface area contributed by atoms with Crippen LogP contribution in [-0.4, -0.2) is 7.05 Å². The molecule has 0 aliphatic carbocycles. The van der Waals surface area contributed by atoms with Gasteiger partial charge < -0.3 is 5.32 Å². The first-order valence-corrected chi connectivity index (χ1v) is 7.10. The van der Waals surface area contributed by atoms with Gasteiger partial charge in [-0.1, -0.05) is 36.6 Å². The molecule has 100 valence electrons. The minimum atomic E-state index is 0.408. The van der Waals surface area contributed by atoms with Gasteiger partial charge in [-0.25, -0.2) is 0 Å². The Labute approximate surface area is 116 Å². The van der Waals surface area contributed by atoms with Gasteiger partial charge in [0.1, 0.15) is 0 Å². The second-order valence-electron chi connectivity index (χ2n) is 4.83. The summed E-state index contributed by atoms with van der Waals surface area (Å²) in [5, 5.41) is 4.22. The molecule has 0 aromatic heterocycles. The van der Waals surface area contributed by atoms with Crippen LogP contribution in [0.4, 0.5) is 0 Å². The number of allylic oxidation sites excluding steroid dienone is 1. The summed E-state index contributed by atoms with van der Waals surface area (Å²) in [6.45, 7) is 5.84. The van der Waals surface area contributed by atoms with Gasteiger partial charge in [-0.05, 0) is 56.5 Å². The lowest BCUT2D eigenvalue weighted by Crippen LogP contribution is -2.16. The normalized spacial score (nSPS) is 12.4. The van der Waals surface area contributed by atoms with E-state index >= 15 is 0 Å². The highest BCUT2D eigenvalue weighted by Crippen LogP contribution is 2.24. The summed E-state index contributed by atoms with van der Waals surface area (Å²) in [5.74, 6) is 0. The molecule has 0 fully saturated rings. The molecule has 0 radical (unpaired) electrons. The van der Waals surface area contributed by atoms with Gasteiger partial charge in [-0.3, -0.25) is 0 Å². The van der Waals surface area contributed by atoms with Crippen molar-refractivity contribution in [1.82, 2.24) is 5.32 Å². The number of hydrogen-bond donors (Lipinski definition) is 1. The molecule has 0 amide bonds. The van der Waals surface area contributed by atoms with E-state index in [1.165, 1.54) is 30.4 Å². The van der Waals surface area contributed by atoms with Crippen LogP contribution >= 0.6 is 11.6 Å². The number of unbranched alkanes of at least 4 members (excludes halogenated alkanes) is 3. The zero-order valence-electron chi connectivity index (χ0n) is 11.5. The van der Waals surface area contributed by atoms with E-state index in [0.717, 1.165) is 17.9 Å². The molecule has 1 N–H and O–H groups in total.